The highest BCUT2D eigenvalue weighted by Gasteiger charge is 2.54. The molecule has 0 aliphatic heterocycles. The number of anilines is 1. The quantitative estimate of drug-likeness (QED) is 0.504. The highest BCUT2D eigenvalue weighted by molar-refractivity contribution is 6.13. The normalized spacial score (nSPS) is 31.8. The minimum Gasteiger partial charge on any atom is -0.512 e. The molecule has 0 bridgehead atoms. The number of nitrogens with one attached hydrogen (secondary N) is 2. The second-order valence-electron chi connectivity index (χ2n) is 9.89. The van der Waals surface area contributed by atoms with Crippen LogP contribution in [0.3, 0.4) is 0 Å². The van der Waals surface area contributed by atoms with Gasteiger partial charge in [-0.25, -0.2) is 0 Å². The molecule has 5 rings (SSSR count). The van der Waals surface area contributed by atoms with Gasteiger partial charge in [0.2, 0.25) is 0 Å². The van der Waals surface area contributed by atoms with Gasteiger partial charge >= 0.3 is 0 Å². The Morgan fingerprint density at radius 2 is 1.66 bits per heavy atom. The van der Waals surface area contributed by atoms with Crippen molar-refractivity contribution in [2.45, 2.75) is 26.8 Å². The molecule has 0 spiro atoms. The number of benzene rings is 1. The molecule has 180 valence electrons. The van der Waals surface area contributed by atoms with E-state index < -0.39 is 23.8 Å². The van der Waals surface area contributed by atoms with E-state index in [1.807, 2.05) is 55.5 Å². The summed E-state index contributed by atoms with van der Waals surface area (Å²) in [6.07, 6.45) is 12.5. The van der Waals surface area contributed by atoms with Crippen LogP contribution in [0.15, 0.2) is 95.3 Å². The lowest BCUT2D eigenvalue weighted by atomic mass is 9.63. The van der Waals surface area contributed by atoms with Crippen LogP contribution in [0, 0.1) is 36.5 Å². The lowest BCUT2D eigenvalue weighted by Crippen LogP contribution is -2.52. The molecule has 0 heterocycles. The fourth-order valence-electron chi connectivity index (χ4n) is 5.44. The first-order valence-electron chi connectivity index (χ1n) is 12.0. The Morgan fingerprint density at radius 3 is 2.40 bits per heavy atom. The van der Waals surface area contributed by atoms with Crippen molar-refractivity contribution >= 4 is 17.3 Å². The smallest absolute Gasteiger partial charge is 0.173 e. The summed E-state index contributed by atoms with van der Waals surface area (Å²) in [4.78, 5) is 27.7. The number of rotatable bonds is 4. The van der Waals surface area contributed by atoms with Gasteiger partial charge in [-0.05, 0) is 54.8 Å². The Hall–Kier alpha value is -3.80. The van der Waals surface area contributed by atoms with Crippen LogP contribution in [0.5, 0.6) is 0 Å². The number of hydrogen-bond donors (Lipinski definition) is 4. The average Bonchev–Trinajstić information content (AvgIpc) is 2.82. The number of aliphatic hydroxyl groups excluding tert-OH is 2. The summed E-state index contributed by atoms with van der Waals surface area (Å²) in [5, 5.41) is 27.9. The molecule has 0 aromatic heterocycles. The summed E-state index contributed by atoms with van der Waals surface area (Å²) in [6, 6.07) is 7.35. The van der Waals surface area contributed by atoms with Crippen molar-refractivity contribution in [3.8, 4) is 0 Å². The van der Waals surface area contributed by atoms with Crippen molar-refractivity contribution in [1.29, 1.82) is 0 Å². The minimum atomic E-state index is -1.11. The first-order valence-corrected chi connectivity index (χ1v) is 12.0. The third-order valence-corrected chi connectivity index (χ3v) is 7.59. The molecule has 0 saturated heterocycles. The molecule has 35 heavy (non-hydrogen) atoms. The van der Waals surface area contributed by atoms with Crippen molar-refractivity contribution in [2.75, 3.05) is 5.32 Å². The number of Topliss-reactive ketones (excluding diaryl/α,β-unsaturated/α-hetero) is 2. The van der Waals surface area contributed by atoms with E-state index in [0.717, 1.165) is 16.9 Å². The lowest BCUT2D eigenvalue weighted by Gasteiger charge is -2.41. The van der Waals surface area contributed by atoms with E-state index in [1.54, 1.807) is 0 Å². The maximum Gasteiger partial charge on any atom is 0.173 e. The highest BCUT2D eigenvalue weighted by atomic mass is 16.3. The molecule has 1 aromatic carbocycles. The minimum absolute atomic E-state index is 0.189. The zero-order chi connectivity index (χ0) is 24.9. The first-order chi connectivity index (χ1) is 16.8. The SMILES string of the molecule is Cc1cccc(NC2C=CC(NC3=CC=CC(C)C3C)=C3C(=O)C4C(O)=CC=C(O)C4C(=O)C32)c1. The highest BCUT2D eigenvalue weighted by Crippen LogP contribution is 2.45. The van der Waals surface area contributed by atoms with E-state index in [2.05, 4.69) is 30.6 Å². The van der Waals surface area contributed by atoms with Gasteiger partial charge in [0.05, 0.1) is 23.8 Å². The van der Waals surface area contributed by atoms with Gasteiger partial charge in [-0.3, -0.25) is 9.59 Å². The van der Waals surface area contributed by atoms with Gasteiger partial charge in [0.1, 0.15) is 11.5 Å². The van der Waals surface area contributed by atoms with Gasteiger partial charge in [-0.1, -0.05) is 44.2 Å². The Kier molecular flexibility index (Phi) is 5.75. The van der Waals surface area contributed by atoms with Gasteiger partial charge in [0.15, 0.2) is 11.6 Å². The fraction of sp³-hybridized carbons (Fsp3) is 0.310. The molecular formula is C29H30N2O4. The average molecular weight is 471 g/mol. The van der Waals surface area contributed by atoms with Crippen LogP contribution >= 0.6 is 0 Å². The van der Waals surface area contributed by atoms with E-state index in [0.29, 0.717) is 17.2 Å². The predicted molar refractivity (Wildman–Crippen MR) is 135 cm³/mol. The molecule has 6 nitrogen and oxygen atoms in total. The van der Waals surface area contributed by atoms with E-state index in [1.165, 1.54) is 12.2 Å². The van der Waals surface area contributed by atoms with E-state index in [9.17, 15) is 19.8 Å². The zero-order valence-corrected chi connectivity index (χ0v) is 20.0. The van der Waals surface area contributed by atoms with Crippen LogP contribution in [0.4, 0.5) is 5.69 Å². The Bertz CT molecular complexity index is 1280. The third-order valence-electron chi connectivity index (χ3n) is 7.59. The van der Waals surface area contributed by atoms with Crippen LogP contribution in [0.2, 0.25) is 0 Å². The van der Waals surface area contributed by atoms with Gasteiger partial charge < -0.3 is 20.8 Å². The summed E-state index contributed by atoms with van der Waals surface area (Å²) in [7, 11) is 0. The summed E-state index contributed by atoms with van der Waals surface area (Å²) in [5.74, 6) is -3.50. The van der Waals surface area contributed by atoms with Gasteiger partial charge in [-0.2, -0.15) is 0 Å². The molecule has 4 aliphatic carbocycles. The van der Waals surface area contributed by atoms with Crippen molar-refractivity contribution in [3.05, 3.63) is 101 Å². The zero-order valence-electron chi connectivity index (χ0n) is 20.0. The summed E-state index contributed by atoms with van der Waals surface area (Å²) >= 11 is 0. The summed E-state index contributed by atoms with van der Waals surface area (Å²) in [6.45, 7) is 6.24. The topological polar surface area (TPSA) is 98.7 Å². The molecule has 4 N–H and O–H groups in total. The largest absolute Gasteiger partial charge is 0.512 e. The molecule has 6 heteroatoms. The van der Waals surface area contributed by atoms with E-state index in [4.69, 9.17) is 0 Å². The Labute approximate surface area is 205 Å². The lowest BCUT2D eigenvalue weighted by molar-refractivity contribution is -0.137. The van der Waals surface area contributed by atoms with Crippen LogP contribution in [0.25, 0.3) is 0 Å². The maximum absolute atomic E-state index is 13.9. The van der Waals surface area contributed by atoms with E-state index >= 15 is 0 Å². The van der Waals surface area contributed by atoms with Crippen LogP contribution < -0.4 is 10.6 Å². The third kappa shape index (κ3) is 3.93. The molecular weight excluding hydrogens is 440 g/mol. The molecule has 1 fully saturated rings. The van der Waals surface area contributed by atoms with Crippen molar-refractivity contribution in [2.24, 2.45) is 29.6 Å². The monoisotopic (exact) mass is 470 g/mol. The van der Waals surface area contributed by atoms with Crippen molar-refractivity contribution in [1.82, 2.24) is 5.32 Å². The number of aliphatic hydroxyl groups is 2. The van der Waals surface area contributed by atoms with Gasteiger partial charge in [0, 0.05) is 28.6 Å². The van der Waals surface area contributed by atoms with Gasteiger partial charge in [-0.15, -0.1) is 0 Å². The summed E-state index contributed by atoms with van der Waals surface area (Å²) in [5.41, 5.74) is 3.78. The van der Waals surface area contributed by atoms with Crippen molar-refractivity contribution in [3.63, 3.8) is 0 Å². The Balaban J connectivity index is 1.58. The predicted octanol–water partition coefficient (Wildman–Crippen LogP) is 4.81. The fourth-order valence-corrected chi connectivity index (χ4v) is 5.44. The molecule has 0 amide bonds. The summed E-state index contributed by atoms with van der Waals surface area (Å²) < 4.78 is 0. The molecule has 1 saturated carbocycles. The number of aryl methyl sites for hydroxylation is 1. The Morgan fingerprint density at radius 1 is 0.914 bits per heavy atom. The van der Waals surface area contributed by atoms with Gasteiger partial charge in [0.25, 0.3) is 0 Å². The van der Waals surface area contributed by atoms with Crippen LogP contribution in [0.1, 0.15) is 19.4 Å². The first kappa shape index (κ1) is 23.0. The second kappa shape index (κ2) is 8.77. The molecule has 4 aliphatic rings. The molecule has 1 aromatic rings. The maximum atomic E-state index is 13.9. The number of carbonyl (C=O) groups excluding carboxylic acids is 2. The number of carbonyl (C=O) groups is 2. The van der Waals surface area contributed by atoms with Crippen molar-refractivity contribution < 1.29 is 19.8 Å². The second-order valence-corrected chi connectivity index (χ2v) is 9.89. The molecule has 6 atom stereocenters. The van der Waals surface area contributed by atoms with E-state index in [-0.39, 0.29) is 29.0 Å². The number of allylic oxidation sites excluding steroid dienone is 9. The number of hydrogen-bond acceptors (Lipinski definition) is 6. The standard InChI is InChI=1S/C29H30N2O4/c1-15-6-4-8-18(14-15)30-20-10-11-21(31-19-9-5-7-16(2)17(19)3)25-24(20)28(34)26-22(32)12-13-23(33)27(26)29(25)35/h4-14,16-17,20,24,26-27,30-33H,1-3H3. The van der Waals surface area contributed by atoms with Crippen LogP contribution in [-0.4, -0.2) is 27.8 Å². The number of fused-ring (bicyclic) bond motifs is 2. The molecule has 0 radical (unpaired) electrons. The number of ketones is 2. The van der Waals surface area contributed by atoms with Crippen LogP contribution in [-0.2, 0) is 9.59 Å². The molecule has 6 unspecified atom stereocenters.